The molecule has 1 aliphatic carbocycles. The standard InChI is InChI=1S/C19H20FNOS/c1-13-2-4-14(5-3-13)19(15-6-7-15)21-18(22)12-23-17-10-8-16(20)9-11-17/h2-5,8-11,15,19H,6-7,12H2,1H3,(H,21,22). The number of carbonyl (C=O) groups is 1. The van der Waals surface area contributed by atoms with Crippen LogP contribution in [0, 0.1) is 18.7 Å². The van der Waals surface area contributed by atoms with Crippen molar-refractivity contribution >= 4 is 17.7 Å². The summed E-state index contributed by atoms with van der Waals surface area (Å²) in [5.74, 6) is 0.669. The van der Waals surface area contributed by atoms with Gasteiger partial charge < -0.3 is 5.32 Å². The van der Waals surface area contributed by atoms with Crippen molar-refractivity contribution in [3.63, 3.8) is 0 Å². The molecule has 4 heteroatoms. The van der Waals surface area contributed by atoms with Gasteiger partial charge in [0.25, 0.3) is 0 Å². The molecule has 23 heavy (non-hydrogen) atoms. The van der Waals surface area contributed by atoms with Gasteiger partial charge in [-0.25, -0.2) is 4.39 Å². The predicted octanol–water partition coefficient (Wildman–Crippen LogP) is 4.49. The van der Waals surface area contributed by atoms with E-state index in [1.54, 1.807) is 12.1 Å². The van der Waals surface area contributed by atoms with Gasteiger partial charge in [-0.1, -0.05) is 29.8 Å². The zero-order valence-electron chi connectivity index (χ0n) is 13.1. The van der Waals surface area contributed by atoms with E-state index >= 15 is 0 Å². The number of hydrogen-bond donors (Lipinski definition) is 1. The highest BCUT2D eigenvalue weighted by Gasteiger charge is 2.33. The van der Waals surface area contributed by atoms with Crippen LogP contribution in [0.5, 0.6) is 0 Å². The summed E-state index contributed by atoms with van der Waals surface area (Å²) in [5.41, 5.74) is 2.40. The summed E-state index contributed by atoms with van der Waals surface area (Å²) in [5, 5.41) is 3.16. The van der Waals surface area contributed by atoms with Crippen molar-refractivity contribution in [2.24, 2.45) is 5.92 Å². The van der Waals surface area contributed by atoms with E-state index in [9.17, 15) is 9.18 Å². The van der Waals surface area contributed by atoms with Crippen LogP contribution in [-0.4, -0.2) is 11.7 Å². The minimum Gasteiger partial charge on any atom is -0.348 e. The zero-order chi connectivity index (χ0) is 16.2. The van der Waals surface area contributed by atoms with Crippen molar-refractivity contribution in [2.75, 3.05) is 5.75 Å². The molecule has 1 amide bonds. The van der Waals surface area contributed by atoms with E-state index in [0.717, 1.165) is 4.90 Å². The number of amides is 1. The van der Waals surface area contributed by atoms with Crippen LogP contribution in [0.25, 0.3) is 0 Å². The van der Waals surface area contributed by atoms with Gasteiger partial charge in [-0.2, -0.15) is 0 Å². The van der Waals surface area contributed by atoms with Gasteiger partial charge in [0.15, 0.2) is 0 Å². The second-order valence-electron chi connectivity index (χ2n) is 6.04. The van der Waals surface area contributed by atoms with Gasteiger partial charge in [0.05, 0.1) is 11.8 Å². The molecular formula is C19H20FNOS. The molecule has 2 aromatic rings. The van der Waals surface area contributed by atoms with E-state index in [1.807, 2.05) is 0 Å². The Hall–Kier alpha value is -1.81. The first-order chi connectivity index (χ1) is 11.1. The minimum atomic E-state index is -0.257. The van der Waals surface area contributed by atoms with Gasteiger partial charge >= 0.3 is 0 Å². The molecule has 0 saturated heterocycles. The number of nitrogens with one attached hydrogen (secondary N) is 1. The average Bonchev–Trinajstić information content (AvgIpc) is 3.38. The first kappa shape index (κ1) is 16.1. The molecule has 1 saturated carbocycles. The highest BCUT2D eigenvalue weighted by atomic mass is 32.2. The largest absolute Gasteiger partial charge is 0.348 e. The Morgan fingerprint density at radius 2 is 1.83 bits per heavy atom. The lowest BCUT2D eigenvalue weighted by molar-refractivity contribution is -0.119. The fourth-order valence-electron chi connectivity index (χ4n) is 2.57. The van der Waals surface area contributed by atoms with Crippen LogP contribution in [0.2, 0.25) is 0 Å². The number of rotatable bonds is 6. The third-order valence-electron chi connectivity index (χ3n) is 4.03. The lowest BCUT2D eigenvalue weighted by atomic mass is 10.0. The Labute approximate surface area is 140 Å². The molecule has 120 valence electrons. The summed E-state index contributed by atoms with van der Waals surface area (Å²) >= 11 is 1.43. The molecule has 2 nitrogen and oxygen atoms in total. The van der Waals surface area contributed by atoms with Crippen LogP contribution >= 0.6 is 11.8 Å². The van der Waals surface area contributed by atoms with Gasteiger partial charge in [-0.05, 0) is 55.5 Å². The van der Waals surface area contributed by atoms with Gasteiger partial charge in [0.2, 0.25) is 5.91 Å². The smallest absolute Gasteiger partial charge is 0.230 e. The Morgan fingerprint density at radius 3 is 2.43 bits per heavy atom. The maximum atomic E-state index is 12.9. The molecule has 1 aliphatic rings. The SMILES string of the molecule is Cc1ccc(C(NC(=O)CSc2ccc(F)cc2)C2CC2)cc1. The third-order valence-corrected chi connectivity index (χ3v) is 5.04. The topological polar surface area (TPSA) is 29.1 Å². The van der Waals surface area contributed by atoms with E-state index in [1.165, 1.54) is 47.9 Å². The van der Waals surface area contributed by atoms with Crippen molar-refractivity contribution in [1.82, 2.24) is 5.32 Å². The average molecular weight is 329 g/mol. The van der Waals surface area contributed by atoms with Gasteiger partial charge in [-0.15, -0.1) is 11.8 Å². The molecule has 0 aliphatic heterocycles. The highest BCUT2D eigenvalue weighted by molar-refractivity contribution is 8.00. The molecule has 1 unspecified atom stereocenters. The van der Waals surface area contributed by atoms with Crippen molar-refractivity contribution in [3.8, 4) is 0 Å². The van der Waals surface area contributed by atoms with Gasteiger partial charge in [-0.3, -0.25) is 4.79 Å². The molecule has 1 fully saturated rings. The molecule has 0 radical (unpaired) electrons. The molecule has 2 aromatic carbocycles. The molecular weight excluding hydrogens is 309 g/mol. The lowest BCUT2D eigenvalue weighted by Gasteiger charge is -2.19. The normalized spacial score (nSPS) is 15.2. The number of thioether (sulfide) groups is 1. The fraction of sp³-hybridized carbons (Fsp3) is 0.316. The van der Waals surface area contributed by atoms with Crippen molar-refractivity contribution in [2.45, 2.75) is 30.7 Å². The lowest BCUT2D eigenvalue weighted by Crippen LogP contribution is -2.31. The van der Waals surface area contributed by atoms with Crippen LogP contribution in [0.1, 0.15) is 30.0 Å². The van der Waals surface area contributed by atoms with Crippen molar-refractivity contribution < 1.29 is 9.18 Å². The second-order valence-corrected chi connectivity index (χ2v) is 7.08. The van der Waals surface area contributed by atoms with Crippen LogP contribution < -0.4 is 5.32 Å². The molecule has 1 atom stereocenters. The summed E-state index contributed by atoms with van der Waals surface area (Å²) < 4.78 is 12.9. The first-order valence-corrected chi connectivity index (χ1v) is 8.84. The van der Waals surface area contributed by atoms with Crippen LogP contribution in [0.15, 0.2) is 53.4 Å². The molecule has 0 spiro atoms. The van der Waals surface area contributed by atoms with Crippen molar-refractivity contribution in [1.29, 1.82) is 0 Å². The van der Waals surface area contributed by atoms with E-state index in [0.29, 0.717) is 11.7 Å². The predicted molar refractivity (Wildman–Crippen MR) is 91.9 cm³/mol. The Bertz CT molecular complexity index is 665. The Kier molecular flexibility index (Phi) is 5.01. The van der Waals surface area contributed by atoms with E-state index < -0.39 is 0 Å². The summed E-state index contributed by atoms with van der Waals surface area (Å²) in [7, 11) is 0. The highest BCUT2D eigenvalue weighted by Crippen LogP contribution is 2.41. The summed E-state index contributed by atoms with van der Waals surface area (Å²) in [6, 6.07) is 14.7. The second kappa shape index (κ2) is 7.18. The number of halogens is 1. The summed E-state index contributed by atoms with van der Waals surface area (Å²) in [6.45, 7) is 2.06. The Morgan fingerprint density at radius 1 is 1.17 bits per heavy atom. The fourth-order valence-corrected chi connectivity index (χ4v) is 3.28. The summed E-state index contributed by atoms with van der Waals surface area (Å²) in [4.78, 5) is 13.2. The molecule has 0 aromatic heterocycles. The number of hydrogen-bond acceptors (Lipinski definition) is 2. The van der Waals surface area contributed by atoms with Crippen molar-refractivity contribution in [3.05, 3.63) is 65.5 Å². The molecule has 0 heterocycles. The Balaban J connectivity index is 1.58. The first-order valence-electron chi connectivity index (χ1n) is 7.86. The maximum absolute atomic E-state index is 12.9. The van der Waals surface area contributed by atoms with Crippen LogP contribution in [0.4, 0.5) is 4.39 Å². The number of aryl methyl sites for hydroxylation is 1. The monoisotopic (exact) mass is 329 g/mol. The minimum absolute atomic E-state index is 0.0248. The van der Waals surface area contributed by atoms with E-state index in [2.05, 4.69) is 36.5 Å². The number of benzene rings is 2. The van der Waals surface area contributed by atoms with Gasteiger partial charge in [0.1, 0.15) is 5.82 Å². The van der Waals surface area contributed by atoms with Crippen LogP contribution in [-0.2, 0) is 4.79 Å². The van der Waals surface area contributed by atoms with E-state index in [-0.39, 0.29) is 17.8 Å². The van der Waals surface area contributed by atoms with Gasteiger partial charge in [0, 0.05) is 4.90 Å². The van der Waals surface area contributed by atoms with E-state index in [4.69, 9.17) is 0 Å². The molecule has 1 N–H and O–H groups in total. The maximum Gasteiger partial charge on any atom is 0.230 e. The van der Waals surface area contributed by atoms with Crippen LogP contribution in [0.3, 0.4) is 0 Å². The molecule has 0 bridgehead atoms. The summed E-state index contributed by atoms with van der Waals surface area (Å²) in [6.07, 6.45) is 2.34. The zero-order valence-corrected chi connectivity index (χ0v) is 13.9. The third kappa shape index (κ3) is 4.58. The number of carbonyl (C=O) groups excluding carboxylic acids is 1. The molecule has 3 rings (SSSR count). The quantitative estimate of drug-likeness (QED) is 0.791.